The molecule has 2 aromatic carbocycles. The number of carbonyl (C=O) groups is 1. The monoisotopic (exact) mass is 215 g/mol. The zero-order valence-electron chi connectivity index (χ0n) is 8.29. The fraction of sp³-hybridized carbons (Fsp3) is 0. The predicted molar refractivity (Wildman–Crippen MR) is 59.9 cm³/mol. The third kappa shape index (κ3) is 1.61. The highest BCUT2D eigenvalue weighted by molar-refractivity contribution is 6.44. The predicted octanol–water partition coefficient (Wildman–Crippen LogP) is 2.10. The van der Waals surface area contributed by atoms with E-state index in [0.717, 1.165) is 10.8 Å². The first-order valence-corrected chi connectivity index (χ1v) is 4.67. The van der Waals surface area contributed by atoms with E-state index in [1.54, 1.807) is 18.2 Å². The fourth-order valence-electron chi connectivity index (χ4n) is 1.64. The maximum absolute atomic E-state index is 10.9. The average Bonchev–Trinajstić information content (AvgIpc) is 2.30. The van der Waals surface area contributed by atoms with Crippen molar-refractivity contribution in [2.75, 3.05) is 0 Å². The number of nitrogens with zero attached hydrogens (tertiary/aromatic N) is 1. The van der Waals surface area contributed by atoms with Crippen molar-refractivity contribution < 1.29 is 15.1 Å². The lowest BCUT2D eigenvalue weighted by Crippen LogP contribution is -2.14. The molecule has 0 fully saturated rings. The van der Waals surface area contributed by atoms with Crippen molar-refractivity contribution >= 4 is 22.5 Å². The quantitative estimate of drug-likeness (QED) is 0.458. The van der Waals surface area contributed by atoms with Crippen molar-refractivity contribution in [3.63, 3.8) is 0 Å². The largest absolute Gasteiger partial charge is 0.476 e. The van der Waals surface area contributed by atoms with E-state index in [1.165, 1.54) is 0 Å². The molecule has 0 bridgehead atoms. The van der Waals surface area contributed by atoms with Gasteiger partial charge in [-0.05, 0) is 10.8 Å². The van der Waals surface area contributed by atoms with Crippen LogP contribution in [0.2, 0.25) is 0 Å². The molecule has 0 aliphatic heterocycles. The Bertz CT molecular complexity index is 570. The number of rotatable bonds is 2. The molecular weight excluding hydrogens is 206 g/mol. The van der Waals surface area contributed by atoms with Gasteiger partial charge in [-0.3, -0.25) is 0 Å². The van der Waals surface area contributed by atoms with Crippen LogP contribution in [0.1, 0.15) is 5.56 Å². The minimum absolute atomic E-state index is 0.350. The molecule has 0 saturated carbocycles. The van der Waals surface area contributed by atoms with E-state index in [0.29, 0.717) is 5.56 Å². The van der Waals surface area contributed by atoms with Crippen LogP contribution >= 0.6 is 0 Å². The molecule has 0 unspecified atom stereocenters. The number of hydrogen-bond donors (Lipinski definition) is 2. The molecule has 0 radical (unpaired) electrons. The zero-order chi connectivity index (χ0) is 11.5. The number of carboxylic acid groups (broad SMARTS) is 1. The summed E-state index contributed by atoms with van der Waals surface area (Å²) in [5.41, 5.74) is 0.0601. The van der Waals surface area contributed by atoms with Crippen LogP contribution in [0.5, 0.6) is 0 Å². The van der Waals surface area contributed by atoms with Gasteiger partial charge in [0.1, 0.15) is 0 Å². The van der Waals surface area contributed by atoms with Crippen LogP contribution in [0.15, 0.2) is 47.6 Å². The van der Waals surface area contributed by atoms with Crippen LogP contribution < -0.4 is 0 Å². The molecule has 0 atom stereocenters. The summed E-state index contributed by atoms with van der Waals surface area (Å²) in [5, 5.41) is 22.1. The van der Waals surface area contributed by atoms with Crippen molar-refractivity contribution in [3.8, 4) is 0 Å². The summed E-state index contributed by atoms with van der Waals surface area (Å²) >= 11 is 0. The van der Waals surface area contributed by atoms with Gasteiger partial charge in [-0.15, -0.1) is 0 Å². The molecule has 0 aliphatic rings. The number of fused-ring (bicyclic) bond motifs is 1. The number of hydrogen-bond acceptors (Lipinski definition) is 3. The summed E-state index contributed by atoms with van der Waals surface area (Å²) < 4.78 is 0. The van der Waals surface area contributed by atoms with Gasteiger partial charge in [0.2, 0.25) is 0 Å². The Morgan fingerprint density at radius 1 is 1.06 bits per heavy atom. The molecule has 2 rings (SSSR count). The molecular formula is C12H9NO3. The van der Waals surface area contributed by atoms with E-state index in [4.69, 9.17) is 10.3 Å². The summed E-state index contributed by atoms with van der Waals surface area (Å²) in [6.45, 7) is 0. The number of oxime groups is 1. The van der Waals surface area contributed by atoms with Crippen LogP contribution in [-0.4, -0.2) is 22.0 Å². The zero-order valence-corrected chi connectivity index (χ0v) is 8.29. The minimum atomic E-state index is -1.25. The highest BCUT2D eigenvalue weighted by Gasteiger charge is 2.15. The Labute approximate surface area is 91.4 Å². The molecule has 2 N–H and O–H groups in total. The maximum atomic E-state index is 10.9. The lowest BCUT2D eigenvalue weighted by Gasteiger charge is -2.04. The van der Waals surface area contributed by atoms with Crippen LogP contribution in [0.4, 0.5) is 0 Å². The van der Waals surface area contributed by atoms with E-state index < -0.39 is 5.97 Å². The van der Waals surface area contributed by atoms with E-state index in [2.05, 4.69) is 5.16 Å². The van der Waals surface area contributed by atoms with E-state index in [-0.39, 0.29) is 5.71 Å². The second-order valence-corrected chi connectivity index (χ2v) is 3.28. The molecule has 0 aliphatic carbocycles. The van der Waals surface area contributed by atoms with Gasteiger partial charge in [-0.1, -0.05) is 47.6 Å². The lowest BCUT2D eigenvalue weighted by atomic mass is 10.0. The fourth-order valence-corrected chi connectivity index (χ4v) is 1.64. The van der Waals surface area contributed by atoms with Crippen LogP contribution in [0.3, 0.4) is 0 Å². The van der Waals surface area contributed by atoms with Crippen molar-refractivity contribution in [2.24, 2.45) is 5.16 Å². The molecule has 2 aromatic rings. The first-order valence-electron chi connectivity index (χ1n) is 4.67. The van der Waals surface area contributed by atoms with Crippen LogP contribution in [0.25, 0.3) is 10.8 Å². The number of aliphatic carboxylic acids is 1. The van der Waals surface area contributed by atoms with E-state index in [1.807, 2.05) is 24.3 Å². The minimum Gasteiger partial charge on any atom is -0.476 e. The lowest BCUT2D eigenvalue weighted by molar-refractivity contribution is -0.129. The third-order valence-corrected chi connectivity index (χ3v) is 2.35. The number of carboxylic acids is 1. The molecule has 16 heavy (non-hydrogen) atoms. The molecule has 0 spiro atoms. The van der Waals surface area contributed by atoms with Crippen molar-refractivity contribution in [1.29, 1.82) is 0 Å². The Balaban J connectivity index is 2.74. The highest BCUT2D eigenvalue weighted by Crippen LogP contribution is 2.19. The summed E-state index contributed by atoms with van der Waals surface area (Å²) in [4.78, 5) is 10.9. The smallest absolute Gasteiger partial charge is 0.358 e. The van der Waals surface area contributed by atoms with E-state index in [9.17, 15) is 4.79 Å². The van der Waals surface area contributed by atoms with Gasteiger partial charge < -0.3 is 10.3 Å². The van der Waals surface area contributed by atoms with E-state index >= 15 is 0 Å². The summed E-state index contributed by atoms with van der Waals surface area (Å²) in [5.74, 6) is -1.25. The molecule has 0 heterocycles. The molecule has 4 heteroatoms. The van der Waals surface area contributed by atoms with Crippen LogP contribution in [0, 0.1) is 0 Å². The highest BCUT2D eigenvalue weighted by atomic mass is 16.4. The van der Waals surface area contributed by atoms with Gasteiger partial charge in [0.25, 0.3) is 0 Å². The van der Waals surface area contributed by atoms with Crippen molar-refractivity contribution in [2.45, 2.75) is 0 Å². The molecule has 4 nitrogen and oxygen atoms in total. The van der Waals surface area contributed by atoms with Crippen molar-refractivity contribution in [3.05, 3.63) is 48.0 Å². The van der Waals surface area contributed by atoms with Gasteiger partial charge in [0.15, 0.2) is 5.71 Å². The topological polar surface area (TPSA) is 69.9 Å². The standard InChI is InChI=1S/C12H9NO3/c14-12(15)11(13-16)10-7-3-5-8-4-1-2-6-9(8)10/h1-7,16H,(H,14,15)/b13-11-. The Morgan fingerprint density at radius 3 is 2.44 bits per heavy atom. The first kappa shape index (κ1) is 10.2. The average molecular weight is 215 g/mol. The number of benzene rings is 2. The molecule has 0 aromatic heterocycles. The second kappa shape index (κ2) is 4.02. The maximum Gasteiger partial charge on any atom is 0.358 e. The Hall–Kier alpha value is -2.36. The summed E-state index contributed by atoms with van der Waals surface area (Å²) in [6, 6.07) is 12.5. The normalized spacial score (nSPS) is 11.6. The van der Waals surface area contributed by atoms with Gasteiger partial charge in [-0.25, -0.2) is 4.79 Å². The Morgan fingerprint density at radius 2 is 1.75 bits per heavy atom. The summed E-state index contributed by atoms with van der Waals surface area (Å²) in [7, 11) is 0. The summed E-state index contributed by atoms with van der Waals surface area (Å²) in [6.07, 6.45) is 0. The van der Waals surface area contributed by atoms with Gasteiger partial charge in [-0.2, -0.15) is 0 Å². The van der Waals surface area contributed by atoms with Crippen LogP contribution in [-0.2, 0) is 4.79 Å². The van der Waals surface area contributed by atoms with Gasteiger partial charge in [0.05, 0.1) is 0 Å². The molecule has 80 valence electrons. The SMILES string of the molecule is O=C(O)/C(=N\O)c1cccc2ccccc12. The third-order valence-electron chi connectivity index (χ3n) is 2.35. The molecule has 0 amide bonds. The van der Waals surface area contributed by atoms with Gasteiger partial charge in [0, 0.05) is 5.56 Å². The Kier molecular flexibility index (Phi) is 2.55. The first-order chi connectivity index (χ1) is 7.74. The molecule has 0 saturated heterocycles. The van der Waals surface area contributed by atoms with Gasteiger partial charge >= 0.3 is 5.97 Å². The second-order valence-electron chi connectivity index (χ2n) is 3.28. The van der Waals surface area contributed by atoms with Crippen molar-refractivity contribution in [1.82, 2.24) is 0 Å².